The number of benzene rings is 1. The molecule has 6 nitrogen and oxygen atoms in total. The van der Waals surface area contributed by atoms with Gasteiger partial charge < -0.3 is 15.4 Å². The van der Waals surface area contributed by atoms with Gasteiger partial charge in [0.25, 0.3) is 0 Å². The van der Waals surface area contributed by atoms with E-state index in [9.17, 15) is 13.5 Å². The summed E-state index contributed by atoms with van der Waals surface area (Å²) in [4.78, 5) is 0.0751. The molecule has 96 valence electrons. The predicted molar refractivity (Wildman–Crippen MR) is 65.9 cm³/mol. The van der Waals surface area contributed by atoms with Crippen LogP contribution in [0.2, 0.25) is 0 Å². The second kappa shape index (κ2) is 4.02. The first-order valence-electron chi connectivity index (χ1n) is 5.05. The minimum Gasteiger partial charge on any atom is -0.508 e. The van der Waals surface area contributed by atoms with Crippen LogP contribution in [0.15, 0.2) is 27.6 Å². The molecular weight excluding hydrogens is 256 g/mol. The first kappa shape index (κ1) is 12.4. The van der Waals surface area contributed by atoms with Crippen LogP contribution < -0.4 is 5.73 Å². The quantitative estimate of drug-likeness (QED) is 0.851. The molecule has 0 aliphatic carbocycles. The molecule has 0 saturated heterocycles. The molecule has 1 heterocycles. The van der Waals surface area contributed by atoms with Gasteiger partial charge in [-0.1, -0.05) is 5.16 Å². The Kier molecular flexibility index (Phi) is 2.78. The van der Waals surface area contributed by atoms with E-state index in [4.69, 9.17) is 10.3 Å². The molecular formula is C11H12N2O4S. The van der Waals surface area contributed by atoms with Crippen LogP contribution in [0.25, 0.3) is 11.3 Å². The first-order valence-corrected chi connectivity index (χ1v) is 6.94. The van der Waals surface area contributed by atoms with E-state index in [1.54, 1.807) is 6.92 Å². The fraction of sp³-hybridized carbons (Fsp3) is 0.182. The highest BCUT2D eigenvalue weighted by molar-refractivity contribution is 7.90. The zero-order chi connectivity index (χ0) is 13.5. The molecule has 2 aromatic rings. The number of phenolic OH excluding ortho intramolecular Hbond substituents is 1. The van der Waals surface area contributed by atoms with Gasteiger partial charge >= 0.3 is 0 Å². The van der Waals surface area contributed by atoms with Crippen molar-refractivity contribution in [1.82, 2.24) is 5.16 Å². The van der Waals surface area contributed by atoms with E-state index in [2.05, 4.69) is 5.16 Å². The number of phenols is 1. The summed E-state index contributed by atoms with van der Waals surface area (Å²) in [7, 11) is -3.45. The minimum absolute atomic E-state index is 0.0148. The zero-order valence-corrected chi connectivity index (χ0v) is 10.7. The molecule has 0 spiro atoms. The molecule has 3 N–H and O–H groups in total. The van der Waals surface area contributed by atoms with E-state index >= 15 is 0 Å². The van der Waals surface area contributed by atoms with Crippen molar-refractivity contribution >= 4 is 15.7 Å². The number of rotatable bonds is 2. The van der Waals surface area contributed by atoms with Crippen LogP contribution >= 0.6 is 0 Å². The molecule has 0 fully saturated rings. The second-order valence-corrected chi connectivity index (χ2v) is 6.01. The lowest BCUT2D eigenvalue weighted by Gasteiger charge is -2.08. The lowest BCUT2D eigenvalue weighted by Crippen LogP contribution is -2.01. The average molecular weight is 268 g/mol. The van der Waals surface area contributed by atoms with Crippen LogP contribution in [0.3, 0.4) is 0 Å². The van der Waals surface area contributed by atoms with Crippen molar-refractivity contribution in [2.24, 2.45) is 0 Å². The number of anilines is 1. The molecule has 1 aromatic heterocycles. The fourth-order valence-corrected chi connectivity index (χ4v) is 2.55. The van der Waals surface area contributed by atoms with Crippen molar-refractivity contribution in [2.45, 2.75) is 11.8 Å². The molecule has 0 aliphatic rings. The van der Waals surface area contributed by atoms with E-state index in [0.717, 1.165) is 6.26 Å². The number of hydrogen-bond donors (Lipinski definition) is 2. The van der Waals surface area contributed by atoms with Crippen LogP contribution in [0, 0.1) is 6.92 Å². The summed E-state index contributed by atoms with van der Waals surface area (Å²) in [6.45, 7) is 1.62. The van der Waals surface area contributed by atoms with Gasteiger partial charge in [-0.3, -0.25) is 0 Å². The zero-order valence-electron chi connectivity index (χ0n) is 9.84. The number of nitrogen functional groups attached to an aromatic ring is 1. The van der Waals surface area contributed by atoms with Crippen molar-refractivity contribution in [3.8, 4) is 17.0 Å². The summed E-state index contributed by atoms with van der Waals surface area (Å²) in [5.41, 5.74) is 6.40. The molecule has 0 unspecified atom stereocenters. The number of aromatic nitrogens is 1. The summed E-state index contributed by atoms with van der Waals surface area (Å²) in [6.07, 6.45) is 1.09. The smallest absolute Gasteiger partial charge is 0.222 e. The van der Waals surface area contributed by atoms with Gasteiger partial charge in [0.2, 0.25) is 5.88 Å². The topological polar surface area (TPSA) is 106 Å². The molecule has 0 radical (unpaired) electrons. The van der Waals surface area contributed by atoms with E-state index in [1.807, 2.05) is 0 Å². The third kappa shape index (κ3) is 2.17. The molecule has 0 aliphatic heterocycles. The lowest BCUT2D eigenvalue weighted by molar-refractivity contribution is 0.439. The Hall–Kier alpha value is -2.02. The standard InChI is InChI=1S/C11H12N2O4S/c1-6-3-10(18(2,15)16)7(4-9(6)14)8-5-11(12)17-13-8/h3-5,14H,12H2,1-2H3. The average Bonchev–Trinajstić information content (AvgIpc) is 2.67. The molecule has 0 amide bonds. The summed E-state index contributed by atoms with van der Waals surface area (Å²) in [6, 6.07) is 4.13. The van der Waals surface area contributed by atoms with Gasteiger partial charge in [-0.15, -0.1) is 0 Å². The summed E-state index contributed by atoms with van der Waals surface area (Å²) in [5.74, 6) is 0.0588. The molecule has 0 bridgehead atoms. The van der Waals surface area contributed by atoms with Gasteiger partial charge in [0.05, 0.1) is 4.90 Å². The van der Waals surface area contributed by atoms with E-state index in [-0.39, 0.29) is 27.8 Å². The summed E-state index contributed by atoms with van der Waals surface area (Å²) >= 11 is 0. The van der Waals surface area contributed by atoms with Crippen LogP contribution in [0.5, 0.6) is 5.75 Å². The molecule has 0 atom stereocenters. The van der Waals surface area contributed by atoms with Crippen LogP contribution in [-0.2, 0) is 9.84 Å². The van der Waals surface area contributed by atoms with Crippen LogP contribution in [0.4, 0.5) is 5.88 Å². The lowest BCUT2D eigenvalue weighted by atomic mass is 10.1. The van der Waals surface area contributed by atoms with Crippen molar-refractivity contribution in [3.63, 3.8) is 0 Å². The highest BCUT2D eigenvalue weighted by Gasteiger charge is 2.19. The number of nitrogens with two attached hydrogens (primary N) is 1. The van der Waals surface area contributed by atoms with Gasteiger partial charge in [-0.05, 0) is 24.6 Å². The van der Waals surface area contributed by atoms with Crippen molar-refractivity contribution < 1.29 is 18.0 Å². The first-order chi connectivity index (χ1) is 8.29. The number of aryl methyl sites for hydroxylation is 1. The van der Waals surface area contributed by atoms with Crippen molar-refractivity contribution in [2.75, 3.05) is 12.0 Å². The fourth-order valence-electron chi connectivity index (χ4n) is 1.59. The maximum atomic E-state index is 11.7. The third-order valence-corrected chi connectivity index (χ3v) is 3.64. The largest absolute Gasteiger partial charge is 0.508 e. The monoisotopic (exact) mass is 268 g/mol. The molecule has 2 rings (SSSR count). The van der Waals surface area contributed by atoms with Gasteiger partial charge in [-0.25, -0.2) is 8.42 Å². The molecule has 18 heavy (non-hydrogen) atoms. The van der Waals surface area contributed by atoms with E-state index < -0.39 is 9.84 Å². The Morgan fingerprint density at radius 3 is 2.50 bits per heavy atom. The predicted octanol–water partition coefficient (Wildman–Crippen LogP) is 1.34. The van der Waals surface area contributed by atoms with Crippen molar-refractivity contribution in [1.29, 1.82) is 0 Å². The molecule has 1 aromatic carbocycles. The van der Waals surface area contributed by atoms with Crippen molar-refractivity contribution in [3.05, 3.63) is 23.8 Å². The van der Waals surface area contributed by atoms with E-state index in [1.165, 1.54) is 18.2 Å². The maximum Gasteiger partial charge on any atom is 0.222 e. The summed E-state index contributed by atoms with van der Waals surface area (Å²) in [5, 5.41) is 13.3. The number of sulfone groups is 1. The molecule has 0 saturated carbocycles. The number of aromatic hydroxyl groups is 1. The maximum absolute atomic E-state index is 11.7. The normalized spacial score (nSPS) is 11.7. The Bertz CT molecular complexity index is 704. The van der Waals surface area contributed by atoms with Crippen LogP contribution in [-0.4, -0.2) is 24.9 Å². The number of nitrogens with zero attached hydrogens (tertiary/aromatic N) is 1. The third-order valence-electron chi connectivity index (χ3n) is 2.50. The Morgan fingerprint density at radius 1 is 1.33 bits per heavy atom. The Labute approximate surface area is 104 Å². The number of hydrogen-bond acceptors (Lipinski definition) is 6. The van der Waals surface area contributed by atoms with E-state index in [0.29, 0.717) is 5.56 Å². The summed E-state index contributed by atoms with van der Waals surface area (Å²) < 4.78 is 28.2. The van der Waals surface area contributed by atoms with Crippen LogP contribution in [0.1, 0.15) is 5.56 Å². The molecule has 7 heteroatoms. The highest BCUT2D eigenvalue weighted by Crippen LogP contribution is 2.33. The van der Waals surface area contributed by atoms with Gasteiger partial charge in [-0.2, -0.15) is 0 Å². The highest BCUT2D eigenvalue weighted by atomic mass is 32.2. The Balaban J connectivity index is 2.77. The van der Waals surface area contributed by atoms with Gasteiger partial charge in [0.1, 0.15) is 11.4 Å². The van der Waals surface area contributed by atoms with Gasteiger partial charge in [0, 0.05) is 17.9 Å². The second-order valence-electron chi connectivity index (χ2n) is 4.02. The minimum atomic E-state index is -3.45. The SMILES string of the molecule is Cc1cc(S(C)(=O)=O)c(-c2cc(N)on2)cc1O. The Morgan fingerprint density at radius 2 is 2.00 bits per heavy atom. The van der Waals surface area contributed by atoms with Gasteiger partial charge in [0.15, 0.2) is 9.84 Å².